The van der Waals surface area contributed by atoms with Crippen molar-refractivity contribution >= 4 is 11.8 Å². The fraction of sp³-hybridized carbons (Fsp3) is 1.00. The van der Waals surface area contributed by atoms with E-state index in [4.69, 9.17) is 5.11 Å². The third kappa shape index (κ3) is 16.3. The van der Waals surface area contributed by atoms with Gasteiger partial charge in [0.05, 0.1) is 12.7 Å². The summed E-state index contributed by atoms with van der Waals surface area (Å²) in [6.45, 7) is 2.17. The standard InChI is InChI=1S/C17H36O2S/c1-2-3-4-5-6-7-8-9-10-11-12-13-14-20-16-17(19)15-18/h17-19H,2-16H2,1H3/t17-/m1/s1. The van der Waals surface area contributed by atoms with Gasteiger partial charge in [0.15, 0.2) is 0 Å². The lowest BCUT2D eigenvalue weighted by atomic mass is 10.1. The predicted molar refractivity (Wildman–Crippen MR) is 91.5 cm³/mol. The third-order valence-corrected chi connectivity index (χ3v) is 4.86. The lowest BCUT2D eigenvalue weighted by Crippen LogP contribution is -2.14. The Morgan fingerprint density at radius 3 is 1.65 bits per heavy atom. The summed E-state index contributed by atoms with van der Waals surface area (Å²) in [5.74, 6) is 1.79. The van der Waals surface area contributed by atoms with E-state index in [2.05, 4.69) is 6.92 Å². The number of aliphatic hydroxyl groups excluding tert-OH is 2. The Kier molecular flexibility index (Phi) is 17.6. The van der Waals surface area contributed by atoms with Gasteiger partial charge < -0.3 is 10.2 Å². The molecule has 0 amide bonds. The molecule has 2 nitrogen and oxygen atoms in total. The van der Waals surface area contributed by atoms with Crippen LogP contribution in [0.4, 0.5) is 0 Å². The van der Waals surface area contributed by atoms with Crippen molar-refractivity contribution in [3.63, 3.8) is 0 Å². The molecule has 0 radical (unpaired) electrons. The van der Waals surface area contributed by atoms with Crippen LogP contribution in [0.15, 0.2) is 0 Å². The summed E-state index contributed by atoms with van der Waals surface area (Å²) in [7, 11) is 0. The molecule has 2 N–H and O–H groups in total. The first-order valence-electron chi connectivity index (χ1n) is 8.68. The van der Waals surface area contributed by atoms with E-state index >= 15 is 0 Å². The molecule has 0 aliphatic heterocycles. The third-order valence-electron chi connectivity index (χ3n) is 3.66. The van der Waals surface area contributed by atoms with Crippen molar-refractivity contribution < 1.29 is 10.2 Å². The molecule has 0 bridgehead atoms. The van der Waals surface area contributed by atoms with Gasteiger partial charge in [-0.2, -0.15) is 11.8 Å². The van der Waals surface area contributed by atoms with E-state index in [1.807, 2.05) is 0 Å². The monoisotopic (exact) mass is 304 g/mol. The average molecular weight is 305 g/mol. The zero-order valence-corrected chi connectivity index (χ0v) is 14.3. The molecule has 0 aromatic rings. The molecule has 3 heteroatoms. The molecule has 0 aliphatic rings. The lowest BCUT2D eigenvalue weighted by Gasteiger charge is -2.06. The fourth-order valence-corrected chi connectivity index (χ4v) is 3.27. The molecule has 0 aromatic heterocycles. The summed E-state index contributed by atoms with van der Waals surface area (Å²) in [5.41, 5.74) is 0. The topological polar surface area (TPSA) is 40.5 Å². The predicted octanol–water partition coefficient (Wildman–Crippen LogP) is 4.77. The van der Waals surface area contributed by atoms with Crippen LogP contribution in [0.3, 0.4) is 0 Å². The normalized spacial score (nSPS) is 12.8. The van der Waals surface area contributed by atoms with E-state index in [0.717, 1.165) is 5.75 Å². The Labute approximate surface area is 130 Å². The second-order valence-corrected chi connectivity index (χ2v) is 6.95. The van der Waals surface area contributed by atoms with Crippen LogP contribution in [0.5, 0.6) is 0 Å². The first kappa shape index (κ1) is 20.3. The number of hydrogen-bond donors (Lipinski definition) is 2. The van der Waals surface area contributed by atoms with E-state index in [1.54, 1.807) is 11.8 Å². The number of unbranched alkanes of at least 4 members (excludes halogenated alkanes) is 11. The minimum absolute atomic E-state index is 0.106. The second kappa shape index (κ2) is 17.3. The smallest absolute Gasteiger partial charge is 0.0861 e. The van der Waals surface area contributed by atoms with Crippen LogP contribution < -0.4 is 0 Å². The molecule has 0 unspecified atom stereocenters. The largest absolute Gasteiger partial charge is 0.394 e. The molecular formula is C17H36O2S. The Morgan fingerprint density at radius 1 is 0.750 bits per heavy atom. The fourth-order valence-electron chi connectivity index (χ4n) is 2.32. The number of hydrogen-bond acceptors (Lipinski definition) is 3. The molecule has 0 spiro atoms. The number of rotatable bonds is 16. The van der Waals surface area contributed by atoms with E-state index in [0.29, 0.717) is 5.75 Å². The first-order chi connectivity index (χ1) is 9.81. The highest BCUT2D eigenvalue weighted by molar-refractivity contribution is 7.99. The number of aliphatic hydroxyl groups is 2. The molecule has 122 valence electrons. The van der Waals surface area contributed by atoms with Crippen LogP contribution in [-0.4, -0.2) is 34.4 Å². The van der Waals surface area contributed by atoms with Crippen molar-refractivity contribution in [3.05, 3.63) is 0 Å². The van der Waals surface area contributed by atoms with E-state index < -0.39 is 6.10 Å². The lowest BCUT2D eigenvalue weighted by molar-refractivity contribution is 0.113. The maximum atomic E-state index is 9.18. The summed E-state index contributed by atoms with van der Waals surface area (Å²) in [6, 6.07) is 0. The van der Waals surface area contributed by atoms with Gasteiger partial charge in [-0.1, -0.05) is 77.6 Å². The van der Waals surface area contributed by atoms with E-state index in [1.165, 1.54) is 77.0 Å². The van der Waals surface area contributed by atoms with Crippen molar-refractivity contribution in [2.24, 2.45) is 0 Å². The van der Waals surface area contributed by atoms with Gasteiger partial charge in [-0.15, -0.1) is 0 Å². The minimum Gasteiger partial charge on any atom is -0.394 e. The quantitative estimate of drug-likeness (QED) is 0.403. The first-order valence-corrected chi connectivity index (χ1v) is 9.83. The molecular weight excluding hydrogens is 268 g/mol. The molecule has 0 aromatic carbocycles. The Morgan fingerprint density at radius 2 is 1.20 bits per heavy atom. The van der Waals surface area contributed by atoms with Crippen molar-refractivity contribution in [3.8, 4) is 0 Å². The summed E-state index contributed by atoms with van der Waals surface area (Å²) in [6.07, 6.45) is 16.1. The maximum absolute atomic E-state index is 9.18. The summed E-state index contributed by atoms with van der Waals surface area (Å²) < 4.78 is 0. The zero-order chi connectivity index (χ0) is 14.9. The van der Waals surface area contributed by atoms with Gasteiger partial charge in [-0.05, 0) is 12.2 Å². The van der Waals surface area contributed by atoms with Gasteiger partial charge >= 0.3 is 0 Å². The van der Waals surface area contributed by atoms with Crippen LogP contribution in [-0.2, 0) is 0 Å². The molecule has 0 aliphatic carbocycles. The highest BCUT2D eigenvalue weighted by Crippen LogP contribution is 2.13. The van der Waals surface area contributed by atoms with Crippen molar-refractivity contribution in [2.45, 2.75) is 90.1 Å². The van der Waals surface area contributed by atoms with Gasteiger partial charge in [0.25, 0.3) is 0 Å². The molecule has 0 saturated heterocycles. The maximum Gasteiger partial charge on any atom is 0.0861 e. The van der Waals surface area contributed by atoms with Crippen LogP contribution in [0.1, 0.15) is 84.0 Å². The summed E-state index contributed by atoms with van der Waals surface area (Å²) >= 11 is 1.76. The Hall–Kier alpha value is 0.270. The highest BCUT2D eigenvalue weighted by atomic mass is 32.2. The van der Waals surface area contributed by atoms with Gasteiger partial charge in [0.2, 0.25) is 0 Å². The van der Waals surface area contributed by atoms with Gasteiger partial charge in [0, 0.05) is 5.75 Å². The van der Waals surface area contributed by atoms with Crippen molar-refractivity contribution in [1.29, 1.82) is 0 Å². The molecule has 0 heterocycles. The van der Waals surface area contributed by atoms with Crippen LogP contribution >= 0.6 is 11.8 Å². The molecule has 0 fully saturated rings. The zero-order valence-electron chi connectivity index (χ0n) is 13.5. The molecule has 20 heavy (non-hydrogen) atoms. The Balaban J connectivity index is 2.96. The van der Waals surface area contributed by atoms with Crippen LogP contribution in [0, 0.1) is 0 Å². The van der Waals surface area contributed by atoms with E-state index in [-0.39, 0.29) is 6.61 Å². The highest BCUT2D eigenvalue weighted by Gasteiger charge is 2.00. The van der Waals surface area contributed by atoms with Crippen molar-refractivity contribution in [1.82, 2.24) is 0 Å². The van der Waals surface area contributed by atoms with Gasteiger partial charge in [-0.3, -0.25) is 0 Å². The van der Waals surface area contributed by atoms with Gasteiger partial charge in [0.1, 0.15) is 0 Å². The molecule has 0 saturated carbocycles. The summed E-state index contributed by atoms with van der Waals surface area (Å²) in [5, 5.41) is 17.9. The summed E-state index contributed by atoms with van der Waals surface area (Å²) in [4.78, 5) is 0. The van der Waals surface area contributed by atoms with Crippen LogP contribution in [0.25, 0.3) is 0 Å². The molecule has 1 atom stereocenters. The second-order valence-electron chi connectivity index (χ2n) is 5.80. The SMILES string of the molecule is CCCCCCCCCCCCCCSC[C@H](O)CO. The molecule has 0 rings (SSSR count). The Bertz CT molecular complexity index is 176. The number of thioether (sulfide) groups is 1. The van der Waals surface area contributed by atoms with Crippen LogP contribution in [0.2, 0.25) is 0 Å². The van der Waals surface area contributed by atoms with E-state index in [9.17, 15) is 5.11 Å². The van der Waals surface area contributed by atoms with Gasteiger partial charge in [-0.25, -0.2) is 0 Å². The minimum atomic E-state index is -0.530. The average Bonchev–Trinajstić information content (AvgIpc) is 2.47. The van der Waals surface area contributed by atoms with Crippen molar-refractivity contribution in [2.75, 3.05) is 18.1 Å².